The van der Waals surface area contributed by atoms with Crippen LogP contribution in [0.15, 0.2) is 53.9 Å². The Morgan fingerprint density at radius 1 is 1.16 bits per heavy atom. The highest BCUT2D eigenvalue weighted by atomic mass is 32.1. The predicted molar refractivity (Wildman–Crippen MR) is 127 cm³/mol. The summed E-state index contributed by atoms with van der Waals surface area (Å²) in [6.07, 6.45) is 0.0902. The van der Waals surface area contributed by atoms with Gasteiger partial charge in [-0.15, -0.1) is 11.3 Å². The molecule has 2 heterocycles. The van der Waals surface area contributed by atoms with Gasteiger partial charge in [0.2, 0.25) is 11.8 Å². The number of nitrogens with one attached hydrogen (secondary N) is 3. The summed E-state index contributed by atoms with van der Waals surface area (Å²) in [5.41, 5.74) is 4.75. The molecule has 0 saturated carbocycles. The number of carbonyl (C=O) groups excluding carboxylic acids is 2. The number of H-pyrrole nitrogens is 1. The maximum Gasteiger partial charge on any atom is 0.228 e. The molecule has 164 valence electrons. The Labute approximate surface area is 189 Å². The molecular weight excluding hydrogens is 424 g/mol. The van der Waals surface area contributed by atoms with Gasteiger partial charge in [-0.25, -0.2) is 4.98 Å². The minimum Gasteiger partial charge on any atom is -0.497 e. The number of methoxy groups -OCH3 is 1. The van der Waals surface area contributed by atoms with Crippen molar-refractivity contribution in [2.75, 3.05) is 12.4 Å². The molecule has 0 fully saturated rings. The van der Waals surface area contributed by atoms with Crippen LogP contribution in [-0.2, 0) is 9.59 Å². The van der Waals surface area contributed by atoms with E-state index in [1.165, 1.54) is 18.3 Å². The van der Waals surface area contributed by atoms with E-state index in [2.05, 4.69) is 26.7 Å². The van der Waals surface area contributed by atoms with Crippen molar-refractivity contribution >= 4 is 39.2 Å². The standard InChI is InChI=1S/C24H24N4O3S/c1-14-23(18-6-4-5-7-19(18)25-14)21-13-32-24(27-21)28-22(30)12-20(26-15(2)29)16-8-10-17(31-3)11-9-16/h4-11,13,20,25H,12H2,1-3H3,(H,26,29)(H,27,28,30)/t20-/m1/s1. The number of ether oxygens (including phenoxy) is 1. The lowest BCUT2D eigenvalue weighted by Crippen LogP contribution is -2.29. The molecule has 4 rings (SSSR count). The maximum atomic E-state index is 12.7. The number of anilines is 1. The van der Waals surface area contributed by atoms with Gasteiger partial charge in [-0.3, -0.25) is 9.59 Å². The van der Waals surface area contributed by atoms with Gasteiger partial charge in [0.05, 0.1) is 25.3 Å². The van der Waals surface area contributed by atoms with Crippen LogP contribution in [0.5, 0.6) is 5.75 Å². The van der Waals surface area contributed by atoms with Crippen molar-refractivity contribution in [3.63, 3.8) is 0 Å². The predicted octanol–water partition coefficient (Wildman–Crippen LogP) is 4.81. The van der Waals surface area contributed by atoms with Gasteiger partial charge in [-0.05, 0) is 30.7 Å². The number of para-hydroxylation sites is 1. The van der Waals surface area contributed by atoms with E-state index in [1.807, 2.05) is 42.6 Å². The van der Waals surface area contributed by atoms with Gasteiger partial charge >= 0.3 is 0 Å². The number of aromatic amines is 1. The lowest BCUT2D eigenvalue weighted by atomic mass is 10.0. The fraction of sp³-hybridized carbons (Fsp3) is 0.208. The van der Waals surface area contributed by atoms with E-state index in [0.717, 1.165) is 33.4 Å². The summed E-state index contributed by atoms with van der Waals surface area (Å²) in [6, 6.07) is 14.9. The molecule has 0 spiro atoms. The molecule has 3 N–H and O–H groups in total. The van der Waals surface area contributed by atoms with Gasteiger partial charge in [0, 0.05) is 34.5 Å². The van der Waals surface area contributed by atoms with E-state index in [0.29, 0.717) is 10.9 Å². The first kappa shape index (κ1) is 21.6. The van der Waals surface area contributed by atoms with E-state index in [-0.39, 0.29) is 18.2 Å². The van der Waals surface area contributed by atoms with Crippen LogP contribution in [0.1, 0.15) is 30.6 Å². The molecule has 2 aromatic carbocycles. The SMILES string of the molecule is COc1ccc([C@@H](CC(=O)Nc2nc(-c3c(C)[nH]c4ccccc34)cs2)NC(C)=O)cc1. The molecule has 0 bridgehead atoms. The fourth-order valence-corrected chi connectivity index (χ4v) is 4.46. The van der Waals surface area contributed by atoms with Crippen LogP contribution in [0.3, 0.4) is 0 Å². The molecule has 2 amide bonds. The van der Waals surface area contributed by atoms with Crippen LogP contribution in [0.25, 0.3) is 22.2 Å². The Balaban J connectivity index is 1.50. The smallest absolute Gasteiger partial charge is 0.228 e. The molecule has 8 heteroatoms. The largest absolute Gasteiger partial charge is 0.497 e. The molecule has 0 aliphatic rings. The highest BCUT2D eigenvalue weighted by molar-refractivity contribution is 7.14. The number of thiazole rings is 1. The van der Waals surface area contributed by atoms with Gasteiger partial charge in [0.1, 0.15) is 5.75 Å². The first-order valence-corrected chi connectivity index (χ1v) is 11.1. The summed E-state index contributed by atoms with van der Waals surface area (Å²) >= 11 is 1.37. The number of nitrogens with zero attached hydrogens (tertiary/aromatic N) is 1. The van der Waals surface area contributed by atoms with Gasteiger partial charge in [-0.2, -0.15) is 0 Å². The summed E-state index contributed by atoms with van der Waals surface area (Å²) in [5, 5.41) is 9.27. The van der Waals surface area contributed by atoms with Gasteiger partial charge < -0.3 is 20.4 Å². The first-order chi connectivity index (χ1) is 15.4. The Hall–Kier alpha value is -3.65. The normalized spacial score (nSPS) is 11.8. The zero-order valence-electron chi connectivity index (χ0n) is 18.1. The number of rotatable bonds is 7. The van der Waals surface area contributed by atoms with Crippen molar-refractivity contribution in [3.8, 4) is 17.0 Å². The van der Waals surface area contributed by atoms with Crippen molar-refractivity contribution in [2.45, 2.75) is 26.3 Å². The number of hydrogen-bond acceptors (Lipinski definition) is 5. The number of aromatic nitrogens is 2. The molecule has 1 atom stereocenters. The van der Waals surface area contributed by atoms with Crippen LogP contribution in [-0.4, -0.2) is 28.9 Å². The second-order valence-electron chi connectivity index (χ2n) is 7.49. The monoisotopic (exact) mass is 448 g/mol. The third-order valence-corrected chi connectivity index (χ3v) is 5.94. The van der Waals surface area contributed by atoms with E-state index in [4.69, 9.17) is 4.74 Å². The molecule has 2 aromatic heterocycles. The van der Waals surface area contributed by atoms with Crippen LogP contribution < -0.4 is 15.4 Å². The van der Waals surface area contributed by atoms with Crippen LogP contribution in [0.4, 0.5) is 5.13 Å². The minimum atomic E-state index is -0.450. The topological polar surface area (TPSA) is 96.1 Å². The molecular formula is C24H24N4O3S. The Kier molecular flexibility index (Phi) is 6.23. The number of hydrogen-bond donors (Lipinski definition) is 3. The van der Waals surface area contributed by atoms with Crippen molar-refractivity contribution in [1.29, 1.82) is 0 Å². The summed E-state index contributed by atoms with van der Waals surface area (Å²) < 4.78 is 5.18. The van der Waals surface area contributed by atoms with Crippen LogP contribution >= 0.6 is 11.3 Å². The molecule has 0 aliphatic carbocycles. The molecule has 0 saturated heterocycles. The number of fused-ring (bicyclic) bond motifs is 1. The number of carbonyl (C=O) groups is 2. The number of aryl methyl sites for hydroxylation is 1. The molecule has 4 aromatic rings. The zero-order chi connectivity index (χ0) is 22.7. The molecule has 0 aliphatic heterocycles. The van der Waals surface area contributed by atoms with E-state index >= 15 is 0 Å². The van der Waals surface area contributed by atoms with E-state index < -0.39 is 6.04 Å². The third-order valence-electron chi connectivity index (χ3n) is 5.19. The van der Waals surface area contributed by atoms with Crippen molar-refractivity contribution in [1.82, 2.24) is 15.3 Å². The van der Waals surface area contributed by atoms with Crippen molar-refractivity contribution in [2.24, 2.45) is 0 Å². The average molecular weight is 449 g/mol. The second kappa shape index (κ2) is 9.23. The Morgan fingerprint density at radius 3 is 2.62 bits per heavy atom. The Morgan fingerprint density at radius 2 is 1.91 bits per heavy atom. The fourth-order valence-electron chi connectivity index (χ4n) is 3.74. The van der Waals surface area contributed by atoms with E-state index in [1.54, 1.807) is 19.2 Å². The maximum absolute atomic E-state index is 12.7. The highest BCUT2D eigenvalue weighted by Gasteiger charge is 2.19. The minimum absolute atomic E-state index is 0.0902. The second-order valence-corrected chi connectivity index (χ2v) is 8.35. The number of amides is 2. The average Bonchev–Trinajstić information content (AvgIpc) is 3.35. The molecule has 0 radical (unpaired) electrons. The molecule has 32 heavy (non-hydrogen) atoms. The van der Waals surface area contributed by atoms with E-state index in [9.17, 15) is 9.59 Å². The van der Waals surface area contributed by atoms with Gasteiger partial charge in [-0.1, -0.05) is 30.3 Å². The summed E-state index contributed by atoms with van der Waals surface area (Å²) in [4.78, 5) is 32.4. The first-order valence-electron chi connectivity index (χ1n) is 10.2. The third kappa shape index (κ3) is 4.65. The zero-order valence-corrected chi connectivity index (χ0v) is 18.9. The molecule has 7 nitrogen and oxygen atoms in total. The lowest BCUT2D eigenvalue weighted by molar-refractivity contribution is -0.120. The number of benzene rings is 2. The van der Waals surface area contributed by atoms with Crippen LogP contribution in [0, 0.1) is 6.92 Å². The quantitative estimate of drug-likeness (QED) is 0.378. The van der Waals surface area contributed by atoms with Gasteiger partial charge in [0.15, 0.2) is 5.13 Å². The summed E-state index contributed by atoms with van der Waals surface area (Å²) in [7, 11) is 1.59. The van der Waals surface area contributed by atoms with Crippen molar-refractivity contribution < 1.29 is 14.3 Å². The Bertz CT molecular complexity index is 1260. The summed E-state index contributed by atoms with van der Waals surface area (Å²) in [5.74, 6) is 0.281. The van der Waals surface area contributed by atoms with Crippen LogP contribution in [0.2, 0.25) is 0 Å². The van der Waals surface area contributed by atoms with Crippen molar-refractivity contribution in [3.05, 3.63) is 65.2 Å². The van der Waals surface area contributed by atoms with Gasteiger partial charge in [0.25, 0.3) is 0 Å². The lowest BCUT2D eigenvalue weighted by Gasteiger charge is -2.18. The summed E-state index contributed by atoms with van der Waals surface area (Å²) in [6.45, 7) is 3.45. The molecule has 0 unspecified atom stereocenters. The highest BCUT2D eigenvalue weighted by Crippen LogP contribution is 2.34.